The molecule has 0 saturated carbocycles. The van der Waals surface area contributed by atoms with Crippen molar-refractivity contribution >= 4 is 0 Å². The van der Waals surface area contributed by atoms with Gasteiger partial charge in [-0.05, 0) is 19.3 Å². The molecule has 1 fully saturated rings. The molecule has 0 spiro atoms. The van der Waals surface area contributed by atoms with E-state index in [2.05, 4.69) is 37.9 Å². The molecular formula is C13H28N2O. The molecule has 2 atom stereocenters. The summed E-state index contributed by atoms with van der Waals surface area (Å²) in [6.45, 7) is 14.3. The monoisotopic (exact) mass is 228 g/mol. The molecule has 0 aliphatic carbocycles. The standard InChI is InChI=1S/C13H28N2O/c1-5-13(11(2)3)14-12(4)10-15-6-8-16-9-7-15/h11-14H,5-10H2,1-4H3. The summed E-state index contributed by atoms with van der Waals surface area (Å²) in [6.07, 6.45) is 1.21. The van der Waals surface area contributed by atoms with Crippen LogP contribution < -0.4 is 5.32 Å². The Bertz CT molecular complexity index is 179. The van der Waals surface area contributed by atoms with E-state index in [4.69, 9.17) is 4.74 Å². The molecule has 0 bridgehead atoms. The first-order valence-corrected chi connectivity index (χ1v) is 6.69. The summed E-state index contributed by atoms with van der Waals surface area (Å²) >= 11 is 0. The number of hydrogen-bond acceptors (Lipinski definition) is 3. The van der Waals surface area contributed by atoms with Crippen molar-refractivity contribution in [2.24, 2.45) is 5.92 Å². The van der Waals surface area contributed by atoms with Gasteiger partial charge < -0.3 is 10.1 Å². The van der Waals surface area contributed by atoms with Crippen LogP contribution in [0.15, 0.2) is 0 Å². The third kappa shape index (κ3) is 4.81. The third-order valence-corrected chi connectivity index (χ3v) is 3.38. The van der Waals surface area contributed by atoms with Gasteiger partial charge >= 0.3 is 0 Å². The summed E-state index contributed by atoms with van der Waals surface area (Å²) in [7, 11) is 0. The third-order valence-electron chi connectivity index (χ3n) is 3.38. The van der Waals surface area contributed by atoms with Crippen LogP contribution in [-0.4, -0.2) is 49.8 Å². The smallest absolute Gasteiger partial charge is 0.0594 e. The van der Waals surface area contributed by atoms with Crippen LogP contribution in [0.1, 0.15) is 34.1 Å². The van der Waals surface area contributed by atoms with Gasteiger partial charge in [0, 0.05) is 31.7 Å². The van der Waals surface area contributed by atoms with E-state index in [0.29, 0.717) is 12.1 Å². The first-order chi connectivity index (χ1) is 7.63. The molecule has 0 aromatic rings. The molecule has 96 valence electrons. The maximum atomic E-state index is 5.36. The summed E-state index contributed by atoms with van der Waals surface area (Å²) in [6, 6.07) is 1.22. The van der Waals surface area contributed by atoms with Crippen LogP contribution in [0.3, 0.4) is 0 Å². The largest absolute Gasteiger partial charge is 0.379 e. The second-order valence-corrected chi connectivity index (χ2v) is 5.24. The van der Waals surface area contributed by atoms with Gasteiger partial charge in [0.15, 0.2) is 0 Å². The lowest BCUT2D eigenvalue weighted by Gasteiger charge is -2.32. The Balaban J connectivity index is 2.25. The predicted octanol–water partition coefficient (Wildman–Crippen LogP) is 1.73. The van der Waals surface area contributed by atoms with E-state index in [1.54, 1.807) is 0 Å². The SMILES string of the molecule is CCC(NC(C)CN1CCOCC1)C(C)C. The Labute approximate surface area is 101 Å². The van der Waals surface area contributed by atoms with E-state index in [-0.39, 0.29) is 0 Å². The highest BCUT2D eigenvalue weighted by Crippen LogP contribution is 2.07. The first kappa shape index (κ1) is 13.9. The van der Waals surface area contributed by atoms with Crippen LogP contribution >= 0.6 is 0 Å². The Hall–Kier alpha value is -0.120. The van der Waals surface area contributed by atoms with Gasteiger partial charge in [0.2, 0.25) is 0 Å². The molecular weight excluding hydrogens is 200 g/mol. The summed E-state index contributed by atoms with van der Waals surface area (Å²) in [4.78, 5) is 2.49. The molecule has 1 saturated heterocycles. The van der Waals surface area contributed by atoms with Crippen LogP contribution in [0, 0.1) is 5.92 Å². The van der Waals surface area contributed by atoms with Gasteiger partial charge in [0.05, 0.1) is 13.2 Å². The average molecular weight is 228 g/mol. The minimum Gasteiger partial charge on any atom is -0.379 e. The molecule has 2 unspecified atom stereocenters. The van der Waals surface area contributed by atoms with E-state index < -0.39 is 0 Å². The highest BCUT2D eigenvalue weighted by Gasteiger charge is 2.17. The normalized spacial score (nSPS) is 22.3. The van der Waals surface area contributed by atoms with Gasteiger partial charge in [-0.1, -0.05) is 20.8 Å². The fourth-order valence-electron chi connectivity index (χ4n) is 2.37. The van der Waals surface area contributed by atoms with Crippen molar-refractivity contribution in [2.75, 3.05) is 32.8 Å². The lowest BCUT2D eigenvalue weighted by atomic mass is 10.0. The minimum absolute atomic E-state index is 0.574. The Morgan fingerprint density at radius 1 is 1.19 bits per heavy atom. The number of nitrogens with one attached hydrogen (secondary N) is 1. The molecule has 0 radical (unpaired) electrons. The molecule has 1 heterocycles. The predicted molar refractivity (Wildman–Crippen MR) is 68.8 cm³/mol. The molecule has 0 amide bonds. The quantitative estimate of drug-likeness (QED) is 0.749. The van der Waals surface area contributed by atoms with E-state index in [1.165, 1.54) is 6.42 Å². The van der Waals surface area contributed by atoms with Gasteiger partial charge in [0.25, 0.3) is 0 Å². The first-order valence-electron chi connectivity index (χ1n) is 6.69. The van der Waals surface area contributed by atoms with Crippen molar-refractivity contribution in [1.29, 1.82) is 0 Å². The molecule has 3 nitrogen and oxygen atoms in total. The van der Waals surface area contributed by atoms with E-state index in [0.717, 1.165) is 38.8 Å². The Morgan fingerprint density at radius 2 is 1.81 bits per heavy atom. The Kier molecular flexibility index (Phi) is 6.32. The highest BCUT2D eigenvalue weighted by atomic mass is 16.5. The fraction of sp³-hybridized carbons (Fsp3) is 1.00. The lowest BCUT2D eigenvalue weighted by molar-refractivity contribution is 0.0335. The van der Waals surface area contributed by atoms with Crippen molar-refractivity contribution in [3.05, 3.63) is 0 Å². The molecule has 3 heteroatoms. The maximum Gasteiger partial charge on any atom is 0.0594 e. The van der Waals surface area contributed by atoms with E-state index in [1.807, 2.05) is 0 Å². The molecule has 1 aliphatic heterocycles. The maximum absolute atomic E-state index is 5.36. The molecule has 1 aliphatic rings. The zero-order valence-corrected chi connectivity index (χ0v) is 11.3. The number of rotatable bonds is 6. The summed E-state index contributed by atoms with van der Waals surface area (Å²) in [5, 5.41) is 3.73. The topological polar surface area (TPSA) is 24.5 Å². The summed E-state index contributed by atoms with van der Waals surface area (Å²) in [5.74, 6) is 0.720. The van der Waals surface area contributed by atoms with Crippen molar-refractivity contribution in [2.45, 2.75) is 46.2 Å². The van der Waals surface area contributed by atoms with E-state index >= 15 is 0 Å². The average Bonchev–Trinajstić information content (AvgIpc) is 2.27. The molecule has 1 rings (SSSR count). The van der Waals surface area contributed by atoms with Crippen molar-refractivity contribution in [1.82, 2.24) is 10.2 Å². The molecule has 16 heavy (non-hydrogen) atoms. The summed E-state index contributed by atoms with van der Waals surface area (Å²) in [5.41, 5.74) is 0. The van der Waals surface area contributed by atoms with Gasteiger partial charge in [-0.15, -0.1) is 0 Å². The number of morpholine rings is 1. The van der Waals surface area contributed by atoms with Crippen LogP contribution in [-0.2, 0) is 4.74 Å². The van der Waals surface area contributed by atoms with Crippen LogP contribution in [0.25, 0.3) is 0 Å². The van der Waals surface area contributed by atoms with Gasteiger partial charge in [-0.3, -0.25) is 4.90 Å². The lowest BCUT2D eigenvalue weighted by Crippen LogP contribution is -2.48. The van der Waals surface area contributed by atoms with Crippen molar-refractivity contribution in [3.63, 3.8) is 0 Å². The number of ether oxygens (including phenoxy) is 1. The van der Waals surface area contributed by atoms with Crippen molar-refractivity contribution in [3.8, 4) is 0 Å². The molecule has 0 aromatic carbocycles. The van der Waals surface area contributed by atoms with E-state index in [9.17, 15) is 0 Å². The van der Waals surface area contributed by atoms with Crippen LogP contribution in [0.2, 0.25) is 0 Å². The molecule has 1 N–H and O–H groups in total. The minimum atomic E-state index is 0.574. The second-order valence-electron chi connectivity index (χ2n) is 5.24. The van der Waals surface area contributed by atoms with Gasteiger partial charge in [-0.25, -0.2) is 0 Å². The van der Waals surface area contributed by atoms with Crippen LogP contribution in [0.4, 0.5) is 0 Å². The number of nitrogens with zero attached hydrogens (tertiary/aromatic N) is 1. The van der Waals surface area contributed by atoms with Crippen LogP contribution in [0.5, 0.6) is 0 Å². The summed E-state index contributed by atoms with van der Waals surface area (Å²) < 4.78 is 5.36. The highest BCUT2D eigenvalue weighted by molar-refractivity contribution is 4.76. The Morgan fingerprint density at radius 3 is 2.31 bits per heavy atom. The van der Waals surface area contributed by atoms with Crippen molar-refractivity contribution < 1.29 is 4.74 Å². The molecule has 0 aromatic heterocycles. The zero-order valence-electron chi connectivity index (χ0n) is 11.3. The fourth-order valence-corrected chi connectivity index (χ4v) is 2.37. The zero-order chi connectivity index (χ0) is 12.0. The van der Waals surface area contributed by atoms with Gasteiger partial charge in [0.1, 0.15) is 0 Å². The number of hydrogen-bond donors (Lipinski definition) is 1. The van der Waals surface area contributed by atoms with Gasteiger partial charge in [-0.2, -0.15) is 0 Å². The second kappa shape index (κ2) is 7.25.